The summed E-state index contributed by atoms with van der Waals surface area (Å²) in [6.07, 6.45) is 0.0615. The largest absolute Gasteiger partial charge is 0.481 e. The molecule has 0 aromatic heterocycles. The van der Waals surface area contributed by atoms with Crippen molar-refractivity contribution in [2.24, 2.45) is 11.7 Å². The van der Waals surface area contributed by atoms with Crippen LogP contribution >= 0.6 is 0 Å². The predicted molar refractivity (Wildman–Crippen MR) is 165 cm³/mol. The van der Waals surface area contributed by atoms with Crippen molar-refractivity contribution in [3.8, 4) is 0 Å². The first-order chi connectivity index (χ1) is 24.9. The Kier molecular flexibility index (Phi) is 22.2. The van der Waals surface area contributed by atoms with Crippen LogP contribution in [0.3, 0.4) is 0 Å². The van der Waals surface area contributed by atoms with E-state index < -0.39 is 83.7 Å². The fraction of sp³-hybridized carbons (Fsp3) is 0.586. The van der Waals surface area contributed by atoms with Crippen molar-refractivity contribution < 1.29 is 96.5 Å². The van der Waals surface area contributed by atoms with Crippen LogP contribution in [0.2, 0.25) is 0 Å². The molecule has 24 nitrogen and oxygen atoms in total. The Balaban J connectivity index is 0.000000842. The molecule has 2 amide bonds. The number of esters is 4. The molecule has 2 rings (SSSR count). The van der Waals surface area contributed by atoms with Gasteiger partial charge in [-0.1, -0.05) is 0 Å². The van der Waals surface area contributed by atoms with Crippen LogP contribution in [0.4, 0.5) is 0 Å². The van der Waals surface area contributed by atoms with Gasteiger partial charge in [0.05, 0.1) is 18.8 Å². The van der Waals surface area contributed by atoms with Gasteiger partial charge in [-0.2, -0.15) is 0 Å². The molecule has 0 aromatic carbocycles. The molecule has 0 radical (unpaired) electrons. The van der Waals surface area contributed by atoms with E-state index in [1.807, 2.05) is 0 Å². The molecule has 2 heterocycles. The monoisotopic (exact) mass is 764 g/mol. The minimum atomic E-state index is -1.18. The Hall–Kier alpha value is -6.04. The van der Waals surface area contributed by atoms with Crippen molar-refractivity contribution in [1.82, 2.24) is 15.1 Å². The third-order valence-electron chi connectivity index (χ3n) is 6.96. The van der Waals surface area contributed by atoms with Crippen LogP contribution < -0.4 is 11.1 Å². The second kappa shape index (κ2) is 25.0. The predicted octanol–water partition coefficient (Wildman–Crippen LogP) is -4.20. The highest BCUT2D eigenvalue weighted by molar-refractivity contribution is 5.99. The number of hydrogen-bond donors (Lipinski definition) is 5. The molecule has 6 N–H and O–H groups in total. The van der Waals surface area contributed by atoms with Gasteiger partial charge in [0.25, 0.3) is 19.4 Å². The summed E-state index contributed by atoms with van der Waals surface area (Å²) in [5, 5.41) is 28.4. The van der Waals surface area contributed by atoms with E-state index >= 15 is 0 Å². The zero-order chi connectivity index (χ0) is 40.7. The zero-order valence-corrected chi connectivity index (χ0v) is 28.4. The summed E-state index contributed by atoms with van der Waals surface area (Å²) in [5.41, 5.74) is 4.92. The van der Waals surface area contributed by atoms with Crippen LogP contribution in [-0.2, 0) is 81.2 Å². The molecule has 5 atom stereocenters. The van der Waals surface area contributed by atoms with Gasteiger partial charge in [0.2, 0.25) is 11.8 Å². The van der Waals surface area contributed by atoms with E-state index in [4.69, 9.17) is 21.1 Å². The third-order valence-corrected chi connectivity index (χ3v) is 6.96. The van der Waals surface area contributed by atoms with E-state index in [-0.39, 0.29) is 78.1 Å². The first-order valence-corrected chi connectivity index (χ1v) is 15.3. The van der Waals surface area contributed by atoms with Gasteiger partial charge < -0.3 is 59.9 Å². The lowest BCUT2D eigenvalue weighted by atomic mass is 10.0. The number of cyclic esters (lactones) is 4. The number of aliphatic carboxylic acids is 3. The van der Waals surface area contributed by atoms with Crippen molar-refractivity contribution in [3.05, 3.63) is 0 Å². The lowest BCUT2D eigenvalue weighted by Crippen LogP contribution is -2.49. The van der Waals surface area contributed by atoms with E-state index in [1.165, 1.54) is 13.8 Å². The smallest absolute Gasteiger partial charge is 0.337 e. The van der Waals surface area contributed by atoms with Crippen molar-refractivity contribution in [3.63, 3.8) is 0 Å². The van der Waals surface area contributed by atoms with Gasteiger partial charge in [-0.25, -0.2) is 9.59 Å². The van der Waals surface area contributed by atoms with Gasteiger partial charge in [0, 0.05) is 26.9 Å². The number of nitrogens with zero attached hydrogens (tertiary/aromatic N) is 2. The number of carbonyl (C=O) groups excluding carboxylic acids is 9. The topological polar surface area (TPSA) is 356 Å². The first kappa shape index (κ1) is 47.0. The number of nitrogens with one attached hydrogen (secondary N) is 1. The molecule has 0 bridgehead atoms. The second-order valence-corrected chi connectivity index (χ2v) is 10.7. The van der Waals surface area contributed by atoms with Crippen LogP contribution in [0.25, 0.3) is 0 Å². The summed E-state index contributed by atoms with van der Waals surface area (Å²) in [5.74, 6) is -8.39. The van der Waals surface area contributed by atoms with Crippen LogP contribution in [0.5, 0.6) is 0 Å². The van der Waals surface area contributed by atoms with E-state index in [2.05, 4.69) is 29.0 Å². The van der Waals surface area contributed by atoms with E-state index in [0.717, 1.165) is 9.80 Å². The minimum absolute atomic E-state index is 0.0973. The van der Waals surface area contributed by atoms with Crippen LogP contribution in [0.15, 0.2) is 0 Å². The van der Waals surface area contributed by atoms with Crippen LogP contribution in [0, 0.1) is 5.92 Å². The molecule has 2 aliphatic rings. The Labute approximate surface area is 299 Å². The molecule has 0 spiro atoms. The summed E-state index contributed by atoms with van der Waals surface area (Å²) in [4.78, 5) is 132. The van der Waals surface area contributed by atoms with Gasteiger partial charge in [0.1, 0.15) is 44.0 Å². The van der Waals surface area contributed by atoms with E-state index in [1.54, 1.807) is 0 Å². The van der Waals surface area contributed by atoms with Gasteiger partial charge in [-0.15, -0.1) is 0 Å². The Morgan fingerprint density at radius 2 is 1.19 bits per heavy atom. The summed E-state index contributed by atoms with van der Waals surface area (Å²) in [7, 11) is 0. The van der Waals surface area contributed by atoms with Crippen LogP contribution in [0.1, 0.15) is 39.5 Å². The first-order valence-electron chi connectivity index (χ1n) is 15.3. The molecule has 5 unspecified atom stereocenters. The second-order valence-electron chi connectivity index (χ2n) is 10.7. The van der Waals surface area contributed by atoms with Crippen LogP contribution in [-0.4, -0.2) is 162 Å². The molecule has 53 heavy (non-hydrogen) atoms. The van der Waals surface area contributed by atoms with Crippen molar-refractivity contribution >= 4 is 73.0 Å². The number of nitrogens with two attached hydrogens (primary N) is 1. The van der Waals surface area contributed by atoms with E-state index in [0.29, 0.717) is 6.42 Å². The molecule has 0 saturated carbocycles. The number of carbonyl (C=O) groups is 12. The number of hydrogen-bond acceptors (Lipinski definition) is 19. The molecular weight excluding hydrogens is 724 g/mol. The maximum atomic E-state index is 11.8. The van der Waals surface area contributed by atoms with Gasteiger partial charge in [0.15, 0.2) is 0 Å². The molecule has 0 aromatic rings. The Morgan fingerprint density at radius 1 is 0.755 bits per heavy atom. The highest BCUT2D eigenvalue weighted by atomic mass is 16.6. The van der Waals surface area contributed by atoms with Gasteiger partial charge in [-0.05, 0) is 19.4 Å². The maximum absolute atomic E-state index is 11.8. The fourth-order valence-corrected chi connectivity index (χ4v) is 4.31. The lowest BCUT2D eigenvalue weighted by molar-refractivity contribution is -0.157. The molecule has 0 aliphatic carbocycles. The highest BCUT2D eigenvalue weighted by Gasteiger charge is 2.42. The average Bonchev–Trinajstić information content (AvgIpc) is 3.59. The highest BCUT2D eigenvalue weighted by Crippen LogP contribution is 2.19. The molecule has 24 heteroatoms. The Morgan fingerprint density at radius 3 is 1.53 bits per heavy atom. The molecular formula is C29H40N4O20. The number of ether oxygens (including phenoxy) is 5. The molecule has 296 valence electrons. The minimum Gasteiger partial charge on any atom is -0.481 e. The molecule has 2 fully saturated rings. The summed E-state index contributed by atoms with van der Waals surface area (Å²) >= 11 is 0. The van der Waals surface area contributed by atoms with Crippen molar-refractivity contribution in [2.45, 2.75) is 63.7 Å². The average molecular weight is 765 g/mol. The Bertz CT molecular complexity index is 1270. The standard InChI is InChI=1S/C14H16N2O8.C11H17NO8.C4H7NO4/c1-7(17)15(9-5-11(19)23-13(9)21)3-4-16(8(2)18)10-6-12(20)24-14(10)22;13-6-19-4-8(10(15)16)2-1-3-12-9(11(17)18)5-20-7-14;5-3(4(7)8)1-9-2-6/h9-10H,3-6H2,1-2H3;6-9,12H,1-5H2,(H,15,16)(H,17,18);2-3H,1,5H2,(H,7,8). The zero-order valence-electron chi connectivity index (χ0n) is 28.4. The van der Waals surface area contributed by atoms with Crippen molar-refractivity contribution in [1.29, 1.82) is 0 Å². The number of amides is 2. The quantitative estimate of drug-likeness (QED) is 0.0229. The third kappa shape index (κ3) is 18.1. The lowest BCUT2D eigenvalue weighted by Gasteiger charge is -2.30. The van der Waals surface area contributed by atoms with Gasteiger partial charge >= 0.3 is 41.8 Å². The van der Waals surface area contributed by atoms with E-state index in [9.17, 15) is 57.5 Å². The number of carboxylic acids is 3. The molecule has 2 saturated heterocycles. The number of rotatable bonds is 22. The summed E-state index contributed by atoms with van der Waals surface area (Å²) < 4.78 is 21.6. The van der Waals surface area contributed by atoms with Gasteiger partial charge in [-0.3, -0.25) is 47.9 Å². The fourth-order valence-electron chi connectivity index (χ4n) is 4.31. The number of carboxylic acid groups (broad SMARTS) is 3. The summed E-state index contributed by atoms with van der Waals surface area (Å²) in [6, 6.07) is -4.27. The normalized spacial score (nSPS) is 17.4. The molecule has 2 aliphatic heterocycles. The van der Waals surface area contributed by atoms with Crippen molar-refractivity contribution in [2.75, 3.05) is 39.5 Å². The SMILES string of the molecule is CC(=O)N(CCN(C(C)=O)C1CC(=O)OC1=O)C1CC(=O)OC1=O.NC(COC=O)C(=O)O.O=COCC(CCCNC(COC=O)C(=O)O)C(=O)O. The summed E-state index contributed by atoms with van der Waals surface area (Å²) in [6.45, 7) is 2.11. The maximum Gasteiger partial charge on any atom is 0.337 e.